The fourth-order valence-electron chi connectivity index (χ4n) is 2.19. The van der Waals surface area contributed by atoms with Crippen molar-refractivity contribution in [2.45, 2.75) is 20.8 Å². The lowest BCUT2D eigenvalue weighted by molar-refractivity contribution is -0.141. The first-order valence-corrected chi connectivity index (χ1v) is 13.3. The van der Waals surface area contributed by atoms with E-state index in [1.54, 1.807) is 36.5 Å². The highest BCUT2D eigenvalue weighted by Crippen LogP contribution is 1.88. The summed E-state index contributed by atoms with van der Waals surface area (Å²) >= 11 is 0. The van der Waals surface area contributed by atoms with Crippen LogP contribution >= 0.6 is 0 Å². The third-order valence-electron chi connectivity index (χ3n) is 4.00. The summed E-state index contributed by atoms with van der Waals surface area (Å²) in [6.45, 7) is 9.05. The maximum Gasteiger partial charge on any atom is 0.330 e. The van der Waals surface area contributed by atoms with Gasteiger partial charge in [0, 0.05) is 18.2 Å². The van der Waals surface area contributed by atoms with Crippen LogP contribution < -0.4 is 0 Å². The molecule has 0 aromatic heterocycles. The van der Waals surface area contributed by atoms with Crippen LogP contribution in [0.4, 0.5) is 0 Å². The van der Waals surface area contributed by atoms with E-state index in [1.165, 1.54) is 18.2 Å². The van der Waals surface area contributed by atoms with Gasteiger partial charge in [-0.05, 0) is 20.8 Å². The fraction of sp³-hybridized carbons (Fsp3) is 0.500. The van der Waals surface area contributed by atoms with E-state index < -0.39 is 11.9 Å². The molecule has 0 aromatic rings. The SMILES string of the molecule is C/C=C/C=C/C(=O)OCCOCCOCCO.C/C=C/C=C/C(=O)OCCOCCOCCOC(=O)/C=C/C=C/C. The van der Waals surface area contributed by atoms with Gasteiger partial charge in [-0.2, -0.15) is 0 Å². The van der Waals surface area contributed by atoms with E-state index in [0.29, 0.717) is 52.9 Å². The number of carbonyl (C=O) groups is 3. The average molecular weight is 583 g/mol. The Labute approximate surface area is 243 Å². The van der Waals surface area contributed by atoms with Gasteiger partial charge in [-0.3, -0.25) is 0 Å². The lowest BCUT2D eigenvalue weighted by Crippen LogP contribution is -2.14. The van der Waals surface area contributed by atoms with Gasteiger partial charge in [0.15, 0.2) is 0 Å². The van der Waals surface area contributed by atoms with Crippen molar-refractivity contribution in [3.63, 3.8) is 0 Å². The van der Waals surface area contributed by atoms with Crippen molar-refractivity contribution in [2.75, 3.05) is 79.3 Å². The zero-order valence-corrected chi connectivity index (χ0v) is 24.4. The van der Waals surface area contributed by atoms with Crippen LogP contribution in [0.15, 0.2) is 72.9 Å². The van der Waals surface area contributed by atoms with Crippen LogP contribution in [0, 0.1) is 0 Å². The Bertz CT molecular complexity index is 769. The van der Waals surface area contributed by atoms with Gasteiger partial charge in [0.2, 0.25) is 0 Å². The minimum absolute atomic E-state index is 0.0101. The smallest absolute Gasteiger partial charge is 0.330 e. The van der Waals surface area contributed by atoms with Crippen molar-refractivity contribution >= 4 is 17.9 Å². The van der Waals surface area contributed by atoms with Gasteiger partial charge in [-0.1, -0.05) is 54.7 Å². The Balaban J connectivity index is 0. The maximum absolute atomic E-state index is 11.2. The number of esters is 3. The number of aliphatic hydroxyl groups is 1. The van der Waals surface area contributed by atoms with E-state index in [9.17, 15) is 14.4 Å². The molecule has 11 nitrogen and oxygen atoms in total. The average Bonchev–Trinajstić information content (AvgIpc) is 2.96. The zero-order chi connectivity index (χ0) is 30.7. The summed E-state index contributed by atoms with van der Waals surface area (Å²) in [5.74, 6) is -1.19. The van der Waals surface area contributed by atoms with Gasteiger partial charge in [0.25, 0.3) is 0 Å². The van der Waals surface area contributed by atoms with Crippen molar-refractivity contribution in [1.82, 2.24) is 0 Å². The molecule has 0 fully saturated rings. The van der Waals surface area contributed by atoms with E-state index in [0.717, 1.165) is 0 Å². The molecule has 0 radical (unpaired) electrons. The number of rotatable bonds is 23. The van der Waals surface area contributed by atoms with Crippen molar-refractivity contribution in [1.29, 1.82) is 0 Å². The molecule has 0 bridgehead atoms. The molecule has 0 aliphatic heterocycles. The second kappa shape index (κ2) is 34.7. The van der Waals surface area contributed by atoms with Gasteiger partial charge in [-0.25, -0.2) is 14.4 Å². The molecule has 0 aliphatic carbocycles. The van der Waals surface area contributed by atoms with Gasteiger partial charge < -0.3 is 38.3 Å². The fourth-order valence-corrected chi connectivity index (χ4v) is 2.19. The van der Waals surface area contributed by atoms with Crippen LogP contribution in [0.5, 0.6) is 0 Å². The quantitative estimate of drug-likeness (QED) is 0.0626. The molecule has 0 aromatic carbocycles. The first-order chi connectivity index (χ1) is 20.0. The molecule has 0 rings (SSSR count). The van der Waals surface area contributed by atoms with Crippen LogP contribution in [0.1, 0.15) is 20.8 Å². The highest BCUT2D eigenvalue weighted by atomic mass is 16.6. The number of carbonyl (C=O) groups excluding carboxylic acids is 3. The van der Waals surface area contributed by atoms with Crippen LogP contribution in [0.25, 0.3) is 0 Å². The summed E-state index contributed by atoms with van der Waals surface area (Å²) in [5.41, 5.74) is 0. The molecule has 11 heteroatoms. The molecule has 0 saturated heterocycles. The van der Waals surface area contributed by atoms with E-state index in [-0.39, 0.29) is 32.4 Å². The first kappa shape index (κ1) is 39.8. The molecule has 41 heavy (non-hydrogen) atoms. The molecule has 0 heterocycles. The van der Waals surface area contributed by atoms with E-state index in [2.05, 4.69) is 0 Å². The summed E-state index contributed by atoms with van der Waals surface area (Å²) in [5, 5.41) is 8.42. The summed E-state index contributed by atoms with van der Waals surface area (Å²) in [4.78, 5) is 33.4. The van der Waals surface area contributed by atoms with Crippen molar-refractivity contribution in [2.24, 2.45) is 0 Å². The van der Waals surface area contributed by atoms with Gasteiger partial charge in [0.1, 0.15) is 19.8 Å². The molecule has 0 amide bonds. The Morgan fingerprint density at radius 2 is 0.707 bits per heavy atom. The normalized spacial score (nSPS) is 11.7. The molecule has 0 aliphatic rings. The third-order valence-corrected chi connectivity index (χ3v) is 4.00. The Morgan fingerprint density at radius 1 is 0.439 bits per heavy atom. The molecular weight excluding hydrogens is 536 g/mol. The molecule has 232 valence electrons. The Morgan fingerprint density at radius 3 is 0.976 bits per heavy atom. The molecule has 0 unspecified atom stereocenters. The monoisotopic (exact) mass is 582 g/mol. The number of allylic oxidation sites excluding steroid dienone is 9. The topological polar surface area (TPSA) is 136 Å². The van der Waals surface area contributed by atoms with E-state index in [4.69, 9.17) is 38.3 Å². The van der Waals surface area contributed by atoms with Crippen LogP contribution in [0.2, 0.25) is 0 Å². The van der Waals surface area contributed by atoms with Crippen LogP contribution in [-0.4, -0.2) is 102 Å². The highest BCUT2D eigenvalue weighted by Gasteiger charge is 1.98. The minimum atomic E-state index is -0.404. The van der Waals surface area contributed by atoms with Crippen LogP contribution in [0.3, 0.4) is 0 Å². The molecule has 0 saturated carbocycles. The third kappa shape index (κ3) is 36.6. The van der Waals surface area contributed by atoms with Crippen LogP contribution in [-0.2, 0) is 47.5 Å². The predicted molar refractivity (Wildman–Crippen MR) is 155 cm³/mol. The summed E-state index contributed by atoms with van der Waals surface area (Å²) < 4.78 is 35.2. The number of hydrogen-bond acceptors (Lipinski definition) is 11. The second-order valence-corrected chi connectivity index (χ2v) is 7.33. The molecule has 0 atom stereocenters. The summed E-state index contributed by atoms with van der Waals surface area (Å²) in [7, 11) is 0. The lowest BCUT2D eigenvalue weighted by atomic mass is 10.4. The summed E-state index contributed by atoms with van der Waals surface area (Å²) in [6, 6.07) is 0. The largest absolute Gasteiger partial charge is 0.460 e. The van der Waals surface area contributed by atoms with Gasteiger partial charge in [0.05, 0.1) is 59.5 Å². The van der Waals surface area contributed by atoms with Gasteiger partial charge >= 0.3 is 17.9 Å². The summed E-state index contributed by atoms with van der Waals surface area (Å²) in [6.07, 6.45) is 19.6. The Hall–Kier alpha value is -3.35. The number of ether oxygens (including phenoxy) is 7. The molecular formula is C30H46O11. The number of hydrogen-bond donors (Lipinski definition) is 1. The zero-order valence-electron chi connectivity index (χ0n) is 24.4. The molecule has 1 N–H and O–H groups in total. The maximum atomic E-state index is 11.2. The predicted octanol–water partition coefficient (Wildman–Crippen LogP) is 3.06. The van der Waals surface area contributed by atoms with E-state index >= 15 is 0 Å². The van der Waals surface area contributed by atoms with Gasteiger partial charge in [-0.15, -0.1) is 0 Å². The standard InChI is InChI=1S/C18H26O6.C12H20O5/c1-3-5-7-9-17(19)23-15-13-21-11-12-22-14-16-24-18(20)10-8-6-4-2;1-2-3-4-5-12(14)17-11-10-16-9-8-15-7-6-13/h3-10H,11-16H2,1-2H3;2-5,13H,6-11H2,1H3/b5-3+,6-4+,9-7+,10-8+;3-2+,5-4+. The van der Waals surface area contributed by atoms with Crippen molar-refractivity contribution < 1.29 is 52.6 Å². The lowest BCUT2D eigenvalue weighted by Gasteiger charge is -2.06. The van der Waals surface area contributed by atoms with Crippen molar-refractivity contribution in [3.05, 3.63) is 72.9 Å². The Kier molecular flexibility index (Phi) is 33.7. The second-order valence-electron chi connectivity index (χ2n) is 7.33. The number of aliphatic hydroxyl groups excluding tert-OH is 1. The van der Waals surface area contributed by atoms with E-state index in [1.807, 2.05) is 39.0 Å². The van der Waals surface area contributed by atoms with Crippen molar-refractivity contribution in [3.8, 4) is 0 Å². The minimum Gasteiger partial charge on any atom is -0.460 e. The molecule has 0 spiro atoms. The first-order valence-electron chi connectivity index (χ1n) is 13.3. The highest BCUT2D eigenvalue weighted by molar-refractivity contribution is 5.82.